The number of aromatic nitrogens is 3. The van der Waals surface area contributed by atoms with Gasteiger partial charge in [-0.3, -0.25) is 4.79 Å². The van der Waals surface area contributed by atoms with E-state index < -0.39 is 0 Å². The van der Waals surface area contributed by atoms with Gasteiger partial charge in [0.25, 0.3) is 0 Å². The molecule has 1 heterocycles. The summed E-state index contributed by atoms with van der Waals surface area (Å²) < 4.78 is 7.77. The third-order valence-electron chi connectivity index (χ3n) is 5.84. The van der Waals surface area contributed by atoms with Crippen LogP contribution in [0, 0.1) is 17.8 Å². The fourth-order valence-electron chi connectivity index (χ4n) is 4.11. The van der Waals surface area contributed by atoms with Crippen molar-refractivity contribution in [2.45, 2.75) is 59.1 Å². The predicted octanol–water partition coefficient (Wildman–Crippen LogP) is 3.92. The molecule has 2 aromatic rings. The summed E-state index contributed by atoms with van der Waals surface area (Å²) in [6.45, 7) is 8.90. The SMILES string of the molecule is CC(C)[C@H]1CC[C@@H](C)C[C@@H]1OCC(=O)N[C@@H](C)c1ccc(-n2cncn2)cc1. The number of hydrogen-bond donors (Lipinski definition) is 1. The molecule has 1 fully saturated rings. The molecule has 0 spiro atoms. The molecule has 152 valence electrons. The van der Waals surface area contributed by atoms with Crippen LogP contribution in [0.3, 0.4) is 0 Å². The van der Waals surface area contributed by atoms with Gasteiger partial charge in [-0.1, -0.05) is 39.3 Å². The van der Waals surface area contributed by atoms with E-state index >= 15 is 0 Å². The summed E-state index contributed by atoms with van der Waals surface area (Å²) in [5, 5.41) is 7.17. The summed E-state index contributed by atoms with van der Waals surface area (Å²) in [4.78, 5) is 16.4. The first-order valence-electron chi connectivity index (χ1n) is 10.3. The van der Waals surface area contributed by atoms with Gasteiger partial charge in [0.15, 0.2) is 0 Å². The van der Waals surface area contributed by atoms with Crippen LogP contribution in [0.25, 0.3) is 5.69 Å². The maximum absolute atomic E-state index is 12.4. The normalized spacial score (nSPS) is 23.5. The molecular formula is C22H32N4O2. The number of hydrogen-bond acceptors (Lipinski definition) is 4. The van der Waals surface area contributed by atoms with Gasteiger partial charge >= 0.3 is 0 Å². The van der Waals surface area contributed by atoms with E-state index in [1.54, 1.807) is 11.0 Å². The first-order chi connectivity index (χ1) is 13.4. The number of nitrogens with one attached hydrogen (secondary N) is 1. The summed E-state index contributed by atoms with van der Waals surface area (Å²) in [6.07, 6.45) is 6.86. The molecule has 1 aromatic heterocycles. The monoisotopic (exact) mass is 384 g/mol. The molecule has 6 nitrogen and oxygen atoms in total. The molecule has 1 amide bonds. The lowest BCUT2D eigenvalue weighted by atomic mass is 9.75. The van der Waals surface area contributed by atoms with Crippen LogP contribution in [-0.4, -0.2) is 33.4 Å². The Bertz CT molecular complexity index is 742. The largest absolute Gasteiger partial charge is 0.368 e. The second kappa shape index (κ2) is 9.32. The molecular weight excluding hydrogens is 352 g/mol. The second-order valence-corrected chi connectivity index (χ2v) is 8.40. The second-order valence-electron chi connectivity index (χ2n) is 8.40. The van der Waals surface area contributed by atoms with E-state index in [-0.39, 0.29) is 24.7 Å². The number of ether oxygens (including phenoxy) is 1. The molecule has 28 heavy (non-hydrogen) atoms. The van der Waals surface area contributed by atoms with Crippen LogP contribution in [-0.2, 0) is 9.53 Å². The molecule has 1 aliphatic carbocycles. The summed E-state index contributed by atoms with van der Waals surface area (Å²) in [6, 6.07) is 7.87. The maximum Gasteiger partial charge on any atom is 0.246 e. The lowest BCUT2D eigenvalue weighted by Gasteiger charge is -2.37. The summed E-state index contributed by atoms with van der Waals surface area (Å²) in [5.41, 5.74) is 1.98. The summed E-state index contributed by atoms with van der Waals surface area (Å²) in [7, 11) is 0. The van der Waals surface area contributed by atoms with Crippen molar-refractivity contribution >= 4 is 5.91 Å². The molecule has 0 aliphatic heterocycles. The fraction of sp³-hybridized carbons (Fsp3) is 0.591. The van der Waals surface area contributed by atoms with Gasteiger partial charge in [0.05, 0.1) is 17.8 Å². The van der Waals surface area contributed by atoms with Crippen molar-refractivity contribution < 1.29 is 9.53 Å². The molecule has 0 saturated heterocycles. The van der Waals surface area contributed by atoms with Crippen LogP contribution in [0.2, 0.25) is 0 Å². The van der Waals surface area contributed by atoms with Gasteiger partial charge in [0, 0.05) is 0 Å². The average Bonchev–Trinajstić information content (AvgIpc) is 3.21. The summed E-state index contributed by atoms with van der Waals surface area (Å²) in [5.74, 6) is 1.74. The fourth-order valence-corrected chi connectivity index (χ4v) is 4.11. The van der Waals surface area contributed by atoms with Crippen LogP contribution in [0.1, 0.15) is 58.6 Å². The van der Waals surface area contributed by atoms with E-state index in [4.69, 9.17) is 4.74 Å². The van der Waals surface area contributed by atoms with Crippen LogP contribution in [0.5, 0.6) is 0 Å². The number of benzene rings is 1. The van der Waals surface area contributed by atoms with Crippen molar-refractivity contribution in [2.75, 3.05) is 6.61 Å². The molecule has 1 saturated carbocycles. The third kappa shape index (κ3) is 5.19. The molecule has 4 atom stereocenters. The van der Waals surface area contributed by atoms with Crippen molar-refractivity contribution in [3.8, 4) is 5.69 Å². The van der Waals surface area contributed by atoms with Gasteiger partial charge in [-0.15, -0.1) is 0 Å². The zero-order valence-electron chi connectivity index (χ0n) is 17.3. The Labute approximate surface area is 167 Å². The molecule has 6 heteroatoms. The minimum absolute atomic E-state index is 0.0615. The molecule has 1 aromatic carbocycles. The first-order valence-corrected chi connectivity index (χ1v) is 10.3. The van der Waals surface area contributed by atoms with E-state index in [9.17, 15) is 4.79 Å². The number of rotatable bonds is 7. The minimum Gasteiger partial charge on any atom is -0.368 e. The van der Waals surface area contributed by atoms with Gasteiger partial charge in [0.2, 0.25) is 5.91 Å². The smallest absolute Gasteiger partial charge is 0.246 e. The summed E-state index contributed by atoms with van der Waals surface area (Å²) >= 11 is 0. The lowest BCUT2D eigenvalue weighted by Crippen LogP contribution is -2.38. The zero-order valence-corrected chi connectivity index (χ0v) is 17.3. The topological polar surface area (TPSA) is 69.0 Å². The van der Waals surface area contributed by atoms with E-state index in [0.717, 1.165) is 17.7 Å². The third-order valence-corrected chi connectivity index (χ3v) is 5.84. The Morgan fingerprint density at radius 3 is 2.64 bits per heavy atom. The van der Waals surface area contributed by atoms with Crippen molar-refractivity contribution in [3.63, 3.8) is 0 Å². The van der Waals surface area contributed by atoms with Gasteiger partial charge in [-0.05, 0) is 55.2 Å². The number of carbonyl (C=O) groups is 1. The van der Waals surface area contributed by atoms with Crippen molar-refractivity contribution in [2.24, 2.45) is 17.8 Å². The molecule has 0 radical (unpaired) electrons. The number of amides is 1. The van der Waals surface area contributed by atoms with Crippen LogP contribution >= 0.6 is 0 Å². The Morgan fingerprint density at radius 2 is 2.00 bits per heavy atom. The predicted molar refractivity (Wildman–Crippen MR) is 109 cm³/mol. The molecule has 0 unspecified atom stereocenters. The van der Waals surface area contributed by atoms with Gasteiger partial charge in [0.1, 0.15) is 19.3 Å². The van der Waals surface area contributed by atoms with Gasteiger partial charge < -0.3 is 10.1 Å². The van der Waals surface area contributed by atoms with E-state index in [1.807, 2.05) is 31.2 Å². The van der Waals surface area contributed by atoms with Crippen LogP contribution < -0.4 is 5.32 Å². The molecule has 3 rings (SSSR count). The highest BCUT2D eigenvalue weighted by Crippen LogP contribution is 2.35. The molecule has 0 bridgehead atoms. The molecule has 1 N–H and O–H groups in total. The molecule has 1 aliphatic rings. The quantitative estimate of drug-likeness (QED) is 0.785. The number of nitrogens with zero attached hydrogens (tertiary/aromatic N) is 3. The Hall–Kier alpha value is -2.21. The Morgan fingerprint density at radius 1 is 1.25 bits per heavy atom. The lowest BCUT2D eigenvalue weighted by molar-refractivity contribution is -0.132. The van der Waals surface area contributed by atoms with Crippen molar-refractivity contribution in [1.82, 2.24) is 20.1 Å². The standard InChI is InChI=1S/C22H32N4O2/c1-15(2)20-10-5-16(3)11-21(20)28-12-22(27)25-17(4)18-6-8-19(9-7-18)26-14-23-13-24-26/h6-9,13-17,20-21H,5,10-12H2,1-4H3,(H,25,27)/t16-,17+,20-,21+/m1/s1. The van der Waals surface area contributed by atoms with E-state index in [0.29, 0.717) is 17.8 Å². The van der Waals surface area contributed by atoms with Crippen molar-refractivity contribution in [3.05, 3.63) is 42.5 Å². The van der Waals surface area contributed by atoms with E-state index in [2.05, 4.69) is 36.2 Å². The van der Waals surface area contributed by atoms with Crippen molar-refractivity contribution in [1.29, 1.82) is 0 Å². The van der Waals surface area contributed by atoms with Crippen LogP contribution in [0.4, 0.5) is 0 Å². The van der Waals surface area contributed by atoms with Gasteiger partial charge in [-0.25, -0.2) is 9.67 Å². The Kier molecular flexibility index (Phi) is 6.83. The Balaban J connectivity index is 1.51. The highest BCUT2D eigenvalue weighted by Gasteiger charge is 2.31. The first kappa shape index (κ1) is 20.5. The minimum atomic E-state index is -0.0768. The highest BCUT2D eigenvalue weighted by molar-refractivity contribution is 5.77. The van der Waals surface area contributed by atoms with E-state index in [1.165, 1.54) is 19.2 Å². The van der Waals surface area contributed by atoms with Crippen LogP contribution in [0.15, 0.2) is 36.9 Å². The average molecular weight is 385 g/mol. The number of carbonyl (C=O) groups excluding carboxylic acids is 1. The highest BCUT2D eigenvalue weighted by atomic mass is 16.5. The van der Waals surface area contributed by atoms with Gasteiger partial charge in [-0.2, -0.15) is 5.10 Å². The maximum atomic E-state index is 12.4. The zero-order chi connectivity index (χ0) is 20.1.